The van der Waals surface area contributed by atoms with E-state index in [1.54, 1.807) is 0 Å². The van der Waals surface area contributed by atoms with Crippen LogP contribution in [0.5, 0.6) is 0 Å². The van der Waals surface area contributed by atoms with Crippen molar-refractivity contribution >= 4 is 11.8 Å². The van der Waals surface area contributed by atoms with E-state index in [0.717, 1.165) is 44.9 Å². The number of H-pyrrole nitrogens is 1. The Hall–Kier alpha value is -2.42. The Balaban J connectivity index is 1.35. The second-order valence-electron chi connectivity index (χ2n) is 6.06. The molecule has 0 unspecified atom stereocenters. The highest BCUT2D eigenvalue weighted by Gasteiger charge is 2.29. The first-order chi connectivity index (χ1) is 11.2. The van der Waals surface area contributed by atoms with E-state index in [9.17, 15) is 4.79 Å². The van der Waals surface area contributed by atoms with E-state index in [1.165, 1.54) is 6.07 Å². The van der Waals surface area contributed by atoms with Crippen LogP contribution in [0.1, 0.15) is 30.5 Å². The average Bonchev–Trinajstić information content (AvgIpc) is 3.27. The first-order valence-corrected chi connectivity index (χ1v) is 7.84. The van der Waals surface area contributed by atoms with Gasteiger partial charge in [0.25, 0.3) is 5.56 Å². The molecule has 1 aliphatic heterocycles. The van der Waals surface area contributed by atoms with Gasteiger partial charge in [0, 0.05) is 38.2 Å². The molecule has 0 atom stereocenters. The zero-order valence-electron chi connectivity index (χ0n) is 12.7. The van der Waals surface area contributed by atoms with Crippen molar-refractivity contribution in [1.82, 2.24) is 25.1 Å². The fourth-order valence-electron chi connectivity index (χ4n) is 2.78. The van der Waals surface area contributed by atoms with E-state index in [4.69, 9.17) is 10.2 Å². The maximum Gasteiger partial charge on any atom is 0.254 e. The van der Waals surface area contributed by atoms with Crippen molar-refractivity contribution in [2.75, 3.05) is 36.8 Å². The molecule has 0 radical (unpaired) electrons. The molecule has 1 saturated heterocycles. The monoisotopic (exact) mass is 317 g/mol. The highest BCUT2D eigenvalue weighted by molar-refractivity contribution is 5.41. The van der Waals surface area contributed by atoms with Gasteiger partial charge >= 0.3 is 0 Å². The smallest absolute Gasteiger partial charge is 0.254 e. The molecule has 0 aromatic carbocycles. The van der Waals surface area contributed by atoms with Crippen molar-refractivity contribution in [3.8, 4) is 0 Å². The average molecular weight is 317 g/mol. The summed E-state index contributed by atoms with van der Waals surface area (Å²) >= 11 is 0. The van der Waals surface area contributed by atoms with Crippen LogP contribution in [0.4, 0.5) is 11.8 Å². The third-order valence-corrected chi connectivity index (χ3v) is 4.21. The summed E-state index contributed by atoms with van der Waals surface area (Å²) in [6, 6.07) is 1.48. The van der Waals surface area contributed by atoms with Gasteiger partial charge in [0.2, 0.25) is 17.7 Å². The van der Waals surface area contributed by atoms with Gasteiger partial charge in [-0.25, -0.2) is 0 Å². The summed E-state index contributed by atoms with van der Waals surface area (Å²) < 4.78 is 5.70. The molecule has 122 valence electrons. The number of hydrogen-bond acceptors (Lipinski definition) is 8. The Morgan fingerprint density at radius 2 is 2.04 bits per heavy atom. The molecule has 0 bridgehead atoms. The topological polar surface area (TPSA) is 117 Å². The molecule has 3 heterocycles. The first kappa shape index (κ1) is 14.2. The van der Waals surface area contributed by atoms with Crippen molar-refractivity contribution in [1.29, 1.82) is 0 Å². The van der Waals surface area contributed by atoms with Crippen LogP contribution in [0, 0.1) is 0 Å². The fourth-order valence-corrected chi connectivity index (χ4v) is 2.78. The lowest BCUT2D eigenvalue weighted by atomic mass is 10.3. The SMILES string of the molecule is Nc1nc(N2CCN(Cc3nnc(C4CC4)o3)CC2)cc(=O)[nH]1. The Labute approximate surface area is 132 Å². The molecule has 9 heteroatoms. The van der Waals surface area contributed by atoms with Gasteiger partial charge in [-0.3, -0.25) is 14.7 Å². The lowest BCUT2D eigenvalue weighted by Gasteiger charge is -2.34. The minimum atomic E-state index is -0.228. The number of nitrogen functional groups attached to an aromatic ring is 1. The third-order valence-electron chi connectivity index (χ3n) is 4.21. The van der Waals surface area contributed by atoms with Crippen LogP contribution in [0.2, 0.25) is 0 Å². The van der Waals surface area contributed by atoms with Gasteiger partial charge in [-0.2, -0.15) is 4.98 Å². The number of piperazine rings is 1. The van der Waals surface area contributed by atoms with Crippen molar-refractivity contribution in [2.45, 2.75) is 25.3 Å². The molecular formula is C14H19N7O2. The van der Waals surface area contributed by atoms with Crippen molar-refractivity contribution < 1.29 is 4.42 Å². The van der Waals surface area contributed by atoms with Gasteiger partial charge in [-0.1, -0.05) is 0 Å². The van der Waals surface area contributed by atoms with Gasteiger partial charge in [0.15, 0.2) is 0 Å². The molecule has 4 rings (SSSR count). The number of aromatic nitrogens is 4. The summed E-state index contributed by atoms with van der Waals surface area (Å²) in [6.45, 7) is 3.91. The van der Waals surface area contributed by atoms with Crippen molar-refractivity contribution in [3.05, 3.63) is 28.2 Å². The number of nitrogens with one attached hydrogen (secondary N) is 1. The largest absolute Gasteiger partial charge is 0.424 e. The fraction of sp³-hybridized carbons (Fsp3) is 0.571. The number of nitrogens with two attached hydrogens (primary N) is 1. The number of anilines is 2. The molecule has 3 N–H and O–H groups in total. The van der Waals surface area contributed by atoms with Crippen LogP contribution >= 0.6 is 0 Å². The predicted octanol–water partition coefficient (Wildman–Crippen LogP) is -0.0653. The molecule has 2 aromatic rings. The molecule has 0 amide bonds. The highest BCUT2D eigenvalue weighted by Crippen LogP contribution is 2.39. The van der Waals surface area contributed by atoms with Crippen LogP contribution in [-0.4, -0.2) is 51.2 Å². The quantitative estimate of drug-likeness (QED) is 0.805. The second-order valence-corrected chi connectivity index (χ2v) is 6.06. The third kappa shape index (κ3) is 3.19. The second kappa shape index (κ2) is 5.65. The Bertz CT molecular complexity index is 744. The maximum atomic E-state index is 11.5. The van der Waals surface area contributed by atoms with Gasteiger partial charge in [0.1, 0.15) is 5.82 Å². The summed E-state index contributed by atoms with van der Waals surface area (Å²) in [7, 11) is 0. The molecule has 0 spiro atoms. The van der Waals surface area contributed by atoms with Crippen LogP contribution in [0.3, 0.4) is 0 Å². The minimum absolute atomic E-state index is 0.147. The standard InChI is InChI=1S/C14H19N7O2/c15-14-16-10(7-11(22)17-14)21-5-3-20(4-6-21)8-12-18-19-13(23-12)9-1-2-9/h7,9H,1-6,8H2,(H3,15,16,17,22). The molecule has 23 heavy (non-hydrogen) atoms. The number of hydrogen-bond donors (Lipinski definition) is 2. The molecule has 1 saturated carbocycles. The van der Waals surface area contributed by atoms with Gasteiger partial charge in [-0.05, 0) is 12.8 Å². The van der Waals surface area contributed by atoms with E-state index in [2.05, 4.69) is 30.0 Å². The molecule has 2 fully saturated rings. The van der Waals surface area contributed by atoms with Crippen molar-refractivity contribution in [3.63, 3.8) is 0 Å². The van der Waals surface area contributed by atoms with E-state index < -0.39 is 0 Å². The molecule has 9 nitrogen and oxygen atoms in total. The first-order valence-electron chi connectivity index (χ1n) is 7.84. The normalized spacial score (nSPS) is 19.2. The zero-order chi connectivity index (χ0) is 15.8. The molecule has 2 aromatic heterocycles. The van der Waals surface area contributed by atoms with E-state index in [0.29, 0.717) is 24.2 Å². The Morgan fingerprint density at radius 3 is 2.74 bits per heavy atom. The highest BCUT2D eigenvalue weighted by atomic mass is 16.4. The van der Waals surface area contributed by atoms with Gasteiger partial charge in [-0.15, -0.1) is 10.2 Å². The lowest BCUT2D eigenvalue weighted by molar-refractivity contribution is 0.223. The summed E-state index contributed by atoms with van der Waals surface area (Å²) in [6.07, 6.45) is 2.32. The maximum absolute atomic E-state index is 11.5. The number of aromatic amines is 1. The van der Waals surface area contributed by atoms with E-state index >= 15 is 0 Å². The van der Waals surface area contributed by atoms with Gasteiger partial charge in [0.05, 0.1) is 6.54 Å². The van der Waals surface area contributed by atoms with E-state index in [1.807, 2.05) is 0 Å². The summed E-state index contributed by atoms with van der Waals surface area (Å²) in [5, 5.41) is 8.24. The van der Waals surface area contributed by atoms with Crippen LogP contribution in [0.25, 0.3) is 0 Å². The Morgan fingerprint density at radius 1 is 1.26 bits per heavy atom. The lowest BCUT2D eigenvalue weighted by Crippen LogP contribution is -2.46. The van der Waals surface area contributed by atoms with E-state index in [-0.39, 0.29) is 11.5 Å². The van der Waals surface area contributed by atoms with Crippen LogP contribution < -0.4 is 16.2 Å². The Kier molecular flexibility index (Phi) is 3.49. The number of nitrogens with zero attached hydrogens (tertiary/aromatic N) is 5. The summed E-state index contributed by atoms with van der Waals surface area (Å²) in [5.74, 6) is 2.72. The van der Waals surface area contributed by atoms with Crippen LogP contribution in [-0.2, 0) is 6.54 Å². The van der Waals surface area contributed by atoms with Crippen molar-refractivity contribution in [2.24, 2.45) is 0 Å². The summed E-state index contributed by atoms with van der Waals surface area (Å²) in [4.78, 5) is 22.4. The van der Waals surface area contributed by atoms with Crippen LogP contribution in [0.15, 0.2) is 15.3 Å². The molecular weight excluding hydrogens is 298 g/mol. The molecule has 1 aliphatic carbocycles. The zero-order valence-corrected chi connectivity index (χ0v) is 12.7. The van der Waals surface area contributed by atoms with Gasteiger partial charge < -0.3 is 15.1 Å². The minimum Gasteiger partial charge on any atom is -0.424 e. The number of rotatable bonds is 4. The summed E-state index contributed by atoms with van der Waals surface area (Å²) in [5.41, 5.74) is 5.37. The predicted molar refractivity (Wildman–Crippen MR) is 83.0 cm³/mol. The molecule has 2 aliphatic rings.